The van der Waals surface area contributed by atoms with Gasteiger partial charge in [-0.3, -0.25) is 4.79 Å². The Morgan fingerprint density at radius 2 is 2.13 bits per heavy atom. The Balaban J connectivity index is 2.05. The van der Waals surface area contributed by atoms with Crippen LogP contribution in [0.3, 0.4) is 0 Å². The van der Waals surface area contributed by atoms with Crippen LogP contribution in [0.2, 0.25) is 0 Å². The van der Waals surface area contributed by atoms with Gasteiger partial charge in [-0.2, -0.15) is 0 Å². The Bertz CT molecular complexity index is 293. The van der Waals surface area contributed by atoms with Crippen molar-refractivity contribution in [2.45, 2.75) is 0 Å². The molecule has 0 aliphatic rings. The molecule has 0 spiro atoms. The van der Waals surface area contributed by atoms with Gasteiger partial charge in [-0.15, -0.1) is 0 Å². The lowest BCUT2D eigenvalue weighted by atomic mass is 10.3. The van der Waals surface area contributed by atoms with Crippen LogP contribution in [0.25, 0.3) is 0 Å². The van der Waals surface area contributed by atoms with Crippen molar-refractivity contribution in [3.05, 3.63) is 30.3 Å². The van der Waals surface area contributed by atoms with Gasteiger partial charge in [0.2, 0.25) is 0 Å². The zero-order valence-electron chi connectivity index (χ0n) is 8.14. The van der Waals surface area contributed by atoms with E-state index in [2.05, 4.69) is 9.46 Å². The number of methoxy groups -OCH3 is 1. The molecule has 0 aromatic heterocycles. The molecule has 0 radical (unpaired) electrons. The Kier molecular flexibility index (Phi) is 5.60. The summed E-state index contributed by atoms with van der Waals surface area (Å²) < 4.78 is 11.7. The molecular weight excluding hydrogens is 218 g/mol. The molecular formula is C9H11NO4S. The summed E-state index contributed by atoms with van der Waals surface area (Å²) in [4.78, 5) is 15.5. The minimum Gasteiger partial charge on any atom is -0.468 e. The van der Waals surface area contributed by atoms with Gasteiger partial charge in [-0.1, -0.05) is 22.5 Å². The fourth-order valence-corrected chi connectivity index (χ4v) is 1.05. The van der Waals surface area contributed by atoms with Crippen molar-refractivity contribution in [3.63, 3.8) is 0 Å². The summed E-state index contributed by atoms with van der Waals surface area (Å²) in [6.07, 6.45) is 0. The second-order valence-corrected chi connectivity index (χ2v) is 3.04. The van der Waals surface area contributed by atoms with Crippen molar-refractivity contribution in [2.24, 2.45) is 0 Å². The van der Waals surface area contributed by atoms with Crippen LogP contribution in [0.4, 0.5) is 0 Å². The zero-order chi connectivity index (χ0) is 10.9. The predicted molar refractivity (Wildman–Crippen MR) is 55.8 cm³/mol. The van der Waals surface area contributed by atoms with Crippen LogP contribution in [-0.4, -0.2) is 19.6 Å². The third-order valence-corrected chi connectivity index (χ3v) is 1.81. The standard InChI is InChI=1S/C9H11NO4S/c1-12-9(11)7-10-15-14-13-8-5-3-2-4-6-8/h2-6,10H,7H2,1H3. The van der Waals surface area contributed by atoms with Gasteiger partial charge in [0.05, 0.1) is 7.11 Å². The number of ether oxygens (including phenoxy) is 1. The molecule has 1 N–H and O–H groups in total. The van der Waals surface area contributed by atoms with Crippen LogP contribution in [0.1, 0.15) is 0 Å². The molecule has 0 bridgehead atoms. The first-order valence-electron chi connectivity index (χ1n) is 4.18. The average Bonchev–Trinajstić information content (AvgIpc) is 2.29. The van der Waals surface area contributed by atoms with Crippen molar-refractivity contribution in [3.8, 4) is 5.75 Å². The summed E-state index contributed by atoms with van der Waals surface area (Å²) in [7, 11) is 1.32. The van der Waals surface area contributed by atoms with E-state index in [9.17, 15) is 4.79 Å². The maximum Gasteiger partial charge on any atom is 0.320 e. The van der Waals surface area contributed by atoms with E-state index < -0.39 is 0 Å². The number of carbonyl (C=O) groups excluding carboxylic acids is 1. The number of rotatable bonds is 6. The molecule has 0 aliphatic heterocycles. The van der Waals surface area contributed by atoms with Crippen LogP contribution in [0.15, 0.2) is 30.3 Å². The number of hydrogen-bond donors (Lipinski definition) is 1. The summed E-state index contributed by atoms with van der Waals surface area (Å²) in [6.45, 7) is 0.0549. The predicted octanol–water partition coefficient (Wildman–Crippen LogP) is 1.32. The van der Waals surface area contributed by atoms with Crippen LogP contribution in [0, 0.1) is 0 Å². The number of para-hydroxylation sites is 1. The van der Waals surface area contributed by atoms with Gasteiger partial charge in [0, 0.05) is 0 Å². The molecule has 1 aromatic carbocycles. The maximum absolute atomic E-state index is 10.7. The first-order valence-corrected chi connectivity index (χ1v) is 4.92. The molecule has 6 heteroatoms. The van der Waals surface area contributed by atoms with E-state index in [0.717, 1.165) is 12.2 Å². The second kappa shape index (κ2) is 7.10. The van der Waals surface area contributed by atoms with E-state index in [4.69, 9.17) is 9.22 Å². The fraction of sp³-hybridized carbons (Fsp3) is 0.222. The van der Waals surface area contributed by atoms with E-state index >= 15 is 0 Å². The van der Waals surface area contributed by atoms with Crippen molar-refractivity contribution >= 4 is 18.2 Å². The van der Waals surface area contributed by atoms with Crippen LogP contribution >= 0.6 is 12.2 Å². The van der Waals surface area contributed by atoms with Crippen LogP contribution in [-0.2, 0) is 13.9 Å². The SMILES string of the molecule is COC(=O)CNSOOc1ccccc1. The second-order valence-electron chi connectivity index (χ2n) is 2.45. The van der Waals surface area contributed by atoms with Crippen molar-refractivity contribution < 1.29 is 18.8 Å². The lowest BCUT2D eigenvalue weighted by molar-refractivity contribution is -0.139. The van der Waals surface area contributed by atoms with E-state index in [1.54, 1.807) is 12.1 Å². The smallest absolute Gasteiger partial charge is 0.320 e. The number of benzene rings is 1. The molecule has 0 amide bonds. The molecule has 0 heterocycles. The Hall–Kier alpha value is -1.24. The molecule has 0 saturated heterocycles. The third kappa shape index (κ3) is 5.26. The largest absolute Gasteiger partial charge is 0.468 e. The Morgan fingerprint density at radius 1 is 1.40 bits per heavy atom. The number of hydrogen-bond acceptors (Lipinski definition) is 6. The van der Waals surface area contributed by atoms with E-state index in [1.807, 2.05) is 18.2 Å². The molecule has 0 atom stereocenters. The highest BCUT2D eigenvalue weighted by molar-refractivity contribution is 7.92. The molecule has 5 nitrogen and oxygen atoms in total. The van der Waals surface area contributed by atoms with E-state index in [-0.39, 0.29) is 12.5 Å². The molecule has 82 valence electrons. The van der Waals surface area contributed by atoms with Gasteiger partial charge in [0.25, 0.3) is 0 Å². The van der Waals surface area contributed by atoms with Crippen molar-refractivity contribution in [2.75, 3.05) is 13.7 Å². The summed E-state index contributed by atoms with van der Waals surface area (Å²) in [6, 6.07) is 9.02. The fourth-order valence-electron chi connectivity index (χ4n) is 0.717. The maximum atomic E-state index is 10.7. The van der Waals surface area contributed by atoms with Crippen molar-refractivity contribution in [1.82, 2.24) is 4.72 Å². The molecule has 0 saturated carbocycles. The first kappa shape index (κ1) is 11.8. The molecule has 1 rings (SSSR count). The summed E-state index contributed by atoms with van der Waals surface area (Å²) >= 11 is 0.819. The van der Waals surface area contributed by atoms with Gasteiger partial charge in [0.15, 0.2) is 5.75 Å². The molecule has 15 heavy (non-hydrogen) atoms. The molecule has 0 fully saturated rings. The molecule has 0 unspecified atom stereocenters. The van der Waals surface area contributed by atoms with Gasteiger partial charge < -0.3 is 9.62 Å². The van der Waals surface area contributed by atoms with Gasteiger partial charge in [-0.25, -0.2) is 4.72 Å². The topological polar surface area (TPSA) is 56.8 Å². The number of esters is 1. The van der Waals surface area contributed by atoms with Crippen molar-refractivity contribution in [1.29, 1.82) is 0 Å². The lowest BCUT2D eigenvalue weighted by Crippen LogP contribution is -2.18. The Labute approximate surface area is 92.0 Å². The lowest BCUT2D eigenvalue weighted by Gasteiger charge is -2.03. The monoisotopic (exact) mass is 229 g/mol. The Morgan fingerprint density at radius 3 is 2.80 bits per heavy atom. The molecule has 1 aromatic rings. The highest BCUT2D eigenvalue weighted by Gasteiger charge is 1.99. The third-order valence-electron chi connectivity index (χ3n) is 1.41. The summed E-state index contributed by atoms with van der Waals surface area (Å²) in [5.41, 5.74) is 0. The first-order chi connectivity index (χ1) is 7.33. The highest BCUT2D eigenvalue weighted by atomic mass is 32.2. The quantitative estimate of drug-likeness (QED) is 0.198. The minimum atomic E-state index is -0.370. The summed E-state index contributed by atoms with van der Waals surface area (Å²) in [5.74, 6) is 0.218. The van der Waals surface area contributed by atoms with Crippen LogP contribution < -0.4 is 9.61 Å². The zero-order valence-corrected chi connectivity index (χ0v) is 8.95. The molecule has 0 aliphatic carbocycles. The van der Waals surface area contributed by atoms with E-state index in [1.165, 1.54) is 7.11 Å². The van der Waals surface area contributed by atoms with Crippen LogP contribution in [0.5, 0.6) is 5.75 Å². The summed E-state index contributed by atoms with van der Waals surface area (Å²) in [5, 5.41) is 0. The number of carbonyl (C=O) groups is 1. The van der Waals surface area contributed by atoms with Gasteiger partial charge >= 0.3 is 5.97 Å². The normalized spacial score (nSPS) is 9.67. The average molecular weight is 229 g/mol. The highest BCUT2D eigenvalue weighted by Crippen LogP contribution is 2.10. The van der Waals surface area contributed by atoms with E-state index in [0.29, 0.717) is 5.75 Å². The van der Waals surface area contributed by atoms with Gasteiger partial charge in [-0.05, 0) is 12.1 Å². The number of nitrogens with one attached hydrogen (secondary N) is 1. The minimum absolute atomic E-state index is 0.0549. The van der Waals surface area contributed by atoms with Gasteiger partial charge in [0.1, 0.15) is 18.8 Å².